The van der Waals surface area contributed by atoms with Crippen LogP contribution in [0.4, 0.5) is 4.79 Å². The molecule has 2 unspecified atom stereocenters. The number of carbonyl (C=O) groups is 3. The molecule has 7 nitrogen and oxygen atoms in total. The summed E-state index contributed by atoms with van der Waals surface area (Å²) in [5.74, 6) is -1.31. The Hall–Kier alpha value is -1.79. The zero-order chi connectivity index (χ0) is 14.0. The number of amides is 3. The number of aliphatic carboxylic acids is 1. The molecule has 2 saturated heterocycles. The number of hydrogen-bond acceptors (Lipinski definition) is 3. The fourth-order valence-corrected chi connectivity index (χ4v) is 2.66. The van der Waals surface area contributed by atoms with Crippen LogP contribution in [0.5, 0.6) is 0 Å². The van der Waals surface area contributed by atoms with Gasteiger partial charge in [-0.1, -0.05) is 0 Å². The van der Waals surface area contributed by atoms with Crippen LogP contribution in [0, 0.1) is 5.92 Å². The molecule has 106 valence electrons. The van der Waals surface area contributed by atoms with Crippen molar-refractivity contribution in [3.8, 4) is 0 Å². The average Bonchev–Trinajstić information content (AvgIpc) is 2.37. The van der Waals surface area contributed by atoms with E-state index in [9.17, 15) is 14.4 Å². The van der Waals surface area contributed by atoms with Crippen molar-refractivity contribution in [2.75, 3.05) is 26.2 Å². The molecular weight excluding hydrogens is 250 g/mol. The van der Waals surface area contributed by atoms with Gasteiger partial charge in [-0.05, 0) is 19.8 Å². The Bertz CT molecular complexity index is 398. The van der Waals surface area contributed by atoms with E-state index in [2.05, 4.69) is 5.32 Å². The molecule has 2 fully saturated rings. The number of carboxylic acid groups (broad SMARTS) is 1. The third kappa shape index (κ3) is 2.97. The first-order valence-corrected chi connectivity index (χ1v) is 6.54. The van der Waals surface area contributed by atoms with E-state index in [-0.39, 0.29) is 30.4 Å². The topological polar surface area (TPSA) is 89.9 Å². The van der Waals surface area contributed by atoms with Crippen molar-refractivity contribution >= 4 is 17.9 Å². The Morgan fingerprint density at radius 3 is 2.68 bits per heavy atom. The lowest BCUT2D eigenvalue weighted by Crippen LogP contribution is -2.57. The largest absolute Gasteiger partial charge is 0.481 e. The van der Waals surface area contributed by atoms with Crippen LogP contribution in [0.3, 0.4) is 0 Å². The Labute approximate surface area is 111 Å². The van der Waals surface area contributed by atoms with Crippen molar-refractivity contribution in [2.45, 2.75) is 25.8 Å². The van der Waals surface area contributed by atoms with Crippen molar-refractivity contribution in [3.63, 3.8) is 0 Å². The van der Waals surface area contributed by atoms with Crippen LogP contribution in [-0.2, 0) is 9.59 Å². The van der Waals surface area contributed by atoms with Gasteiger partial charge in [0.15, 0.2) is 0 Å². The standard InChI is InChI=1S/C12H19N3O4/c1-8-6-9(11(17)18)2-4-15(8)12(19)14-5-3-13-10(16)7-14/h8-9H,2-7H2,1H3,(H,13,16)(H,17,18). The first-order valence-electron chi connectivity index (χ1n) is 6.54. The van der Waals surface area contributed by atoms with Gasteiger partial charge >= 0.3 is 12.0 Å². The molecule has 0 radical (unpaired) electrons. The zero-order valence-corrected chi connectivity index (χ0v) is 11.0. The van der Waals surface area contributed by atoms with E-state index in [1.54, 1.807) is 4.90 Å². The lowest BCUT2D eigenvalue weighted by molar-refractivity contribution is -0.143. The lowest BCUT2D eigenvalue weighted by atomic mass is 9.92. The van der Waals surface area contributed by atoms with Crippen molar-refractivity contribution < 1.29 is 19.5 Å². The van der Waals surface area contributed by atoms with Gasteiger partial charge < -0.3 is 20.2 Å². The van der Waals surface area contributed by atoms with Crippen LogP contribution >= 0.6 is 0 Å². The van der Waals surface area contributed by atoms with Crippen molar-refractivity contribution in [3.05, 3.63) is 0 Å². The quantitative estimate of drug-likeness (QED) is 0.685. The molecule has 0 spiro atoms. The molecule has 0 saturated carbocycles. The highest BCUT2D eigenvalue weighted by atomic mass is 16.4. The van der Waals surface area contributed by atoms with E-state index in [1.165, 1.54) is 4.90 Å². The van der Waals surface area contributed by atoms with Gasteiger partial charge in [0, 0.05) is 25.7 Å². The first kappa shape index (κ1) is 13.6. The van der Waals surface area contributed by atoms with E-state index >= 15 is 0 Å². The van der Waals surface area contributed by atoms with Gasteiger partial charge in [-0.25, -0.2) is 4.79 Å². The Balaban J connectivity index is 1.96. The van der Waals surface area contributed by atoms with Crippen LogP contribution < -0.4 is 5.32 Å². The number of carbonyl (C=O) groups excluding carboxylic acids is 2. The Morgan fingerprint density at radius 1 is 1.37 bits per heavy atom. The molecule has 2 heterocycles. The van der Waals surface area contributed by atoms with Crippen molar-refractivity contribution in [1.29, 1.82) is 0 Å². The van der Waals surface area contributed by atoms with Crippen LogP contribution in [-0.4, -0.2) is 65.0 Å². The maximum atomic E-state index is 12.3. The summed E-state index contributed by atoms with van der Waals surface area (Å²) in [5, 5.41) is 11.7. The number of piperazine rings is 1. The summed E-state index contributed by atoms with van der Waals surface area (Å²) >= 11 is 0. The average molecular weight is 269 g/mol. The van der Waals surface area contributed by atoms with E-state index in [0.29, 0.717) is 32.5 Å². The number of urea groups is 1. The second-order valence-electron chi connectivity index (χ2n) is 5.16. The van der Waals surface area contributed by atoms with Crippen LogP contribution in [0.25, 0.3) is 0 Å². The summed E-state index contributed by atoms with van der Waals surface area (Å²) in [4.78, 5) is 37.7. The van der Waals surface area contributed by atoms with Gasteiger partial charge in [0.1, 0.15) is 6.54 Å². The number of hydrogen-bond donors (Lipinski definition) is 2. The van der Waals surface area contributed by atoms with Crippen LogP contribution in [0.1, 0.15) is 19.8 Å². The Kier molecular flexibility index (Phi) is 3.92. The molecule has 0 aliphatic carbocycles. The molecule has 2 atom stereocenters. The SMILES string of the molecule is CC1CC(C(=O)O)CCN1C(=O)N1CCNC(=O)C1. The first-order chi connectivity index (χ1) is 8.99. The third-order valence-corrected chi connectivity index (χ3v) is 3.78. The molecule has 0 aromatic rings. The third-order valence-electron chi connectivity index (χ3n) is 3.78. The summed E-state index contributed by atoms with van der Waals surface area (Å²) in [6.07, 6.45) is 0.951. The minimum absolute atomic E-state index is 0.0877. The summed E-state index contributed by atoms with van der Waals surface area (Å²) in [6.45, 7) is 3.37. The number of carboxylic acids is 1. The Morgan fingerprint density at radius 2 is 2.11 bits per heavy atom. The second kappa shape index (κ2) is 5.46. The van der Waals surface area contributed by atoms with Crippen molar-refractivity contribution in [1.82, 2.24) is 15.1 Å². The molecule has 0 aromatic heterocycles. The van der Waals surface area contributed by atoms with E-state index < -0.39 is 5.97 Å². The van der Waals surface area contributed by atoms with Gasteiger partial charge in [-0.2, -0.15) is 0 Å². The van der Waals surface area contributed by atoms with E-state index in [0.717, 1.165) is 0 Å². The molecule has 2 aliphatic rings. The molecular formula is C12H19N3O4. The predicted molar refractivity (Wildman–Crippen MR) is 66.5 cm³/mol. The van der Waals surface area contributed by atoms with Crippen LogP contribution in [0.2, 0.25) is 0 Å². The molecule has 19 heavy (non-hydrogen) atoms. The fourth-order valence-electron chi connectivity index (χ4n) is 2.66. The number of nitrogens with one attached hydrogen (secondary N) is 1. The molecule has 2 rings (SSSR count). The smallest absolute Gasteiger partial charge is 0.320 e. The molecule has 2 N–H and O–H groups in total. The zero-order valence-electron chi connectivity index (χ0n) is 11.0. The van der Waals surface area contributed by atoms with Gasteiger partial charge in [0.2, 0.25) is 5.91 Å². The number of piperidine rings is 1. The summed E-state index contributed by atoms with van der Waals surface area (Å²) < 4.78 is 0. The summed E-state index contributed by atoms with van der Waals surface area (Å²) in [5.41, 5.74) is 0. The number of rotatable bonds is 1. The molecule has 0 bridgehead atoms. The monoisotopic (exact) mass is 269 g/mol. The lowest BCUT2D eigenvalue weighted by Gasteiger charge is -2.40. The molecule has 3 amide bonds. The minimum atomic E-state index is -0.795. The fraction of sp³-hybridized carbons (Fsp3) is 0.750. The minimum Gasteiger partial charge on any atom is -0.481 e. The highest BCUT2D eigenvalue weighted by Gasteiger charge is 2.35. The summed E-state index contributed by atoms with van der Waals surface area (Å²) in [7, 11) is 0. The number of nitrogens with zero attached hydrogens (tertiary/aromatic N) is 2. The van der Waals surface area contributed by atoms with E-state index in [4.69, 9.17) is 5.11 Å². The molecule has 2 aliphatic heterocycles. The van der Waals surface area contributed by atoms with Crippen LogP contribution in [0.15, 0.2) is 0 Å². The second-order valence-corrected chi connectivity index (χ2v) is 5.16. The summed E-state index contributed by atoms with van der Waals surface area (Å²) in [6, 6.07) is -0.265. The predicted octanol–water partition coefficient (Wildman–Crippen LogP) is -0.277. The van der Waals surface area contributed by atoms with Crippen molar-refractivity contribution in [2.24, 2.45) is 5.92 Å². The maximum Gasteiger partial charge on any atom is 0.320 e. The van der Waals surface area contributed by atoms with Gasteiger partial charge in [-0.3, -0.25) is 9.59 Å². The highest BCUT2D eigenvalue weighted by molar-refractivity contribution is 5.85. The maximum absolute atomic E-state index is 12.3. The normalized spacial score (nSPS) is 27.9. The molecule has 7 heteroatoms. The van der Waals surface area contributed by atoms with Gasteiger partial charge in [0.05, 0.1) is 5.92 Å². The van der Waals surface area contributed by atoms with E-state index in [1.807, 2.05) is 6.92 Å². The molecule has 0 aromatic carbocycles. The van der Waals surface area contributed by atoms with Gasteiger partial charge in [-0.15, -0.1) is 0 Å². The van der Waals surface area contributed by atoms with Gasteiger partial charge in [0.25, 0.3) is 0 Å². The highest BCUT2D eigenvalue weighted by Crippen LogP contribution is 2.24. The number of likely N-dealkylation sites (tertiary alicyclic amines) is 1.